The number of carbonyl (C=O) groups excluding carboxylic acids is 1. The molecule has 0 unspecified atom stereocenters. The Bertz CT molecular complexity index is 684. The molecule has 0 aliphatic rings. The summed E-state index contributed by atoms with van der Waals surface area (Å²) in [5.41, 5.74) is 2.93. The van der Waals surface area contributed by atoms with E-state index in [9.17, 15) is 9.18 Å². The van der Waals surface area contributed by atoms with E-state index in [0.717, 1.165) is 11.4 Å². The number of hydrogen-bond acceptors (Lipinski definition) is 3. The van der Waals surface area contributed by atoms with Crippen molar-refractivity contribution in [2.24, 2.45) is 7.05 Å². The first kappa shape index (κ1) is 15.3. The van der Waals surface area contributed by atoms with Crippen LogP contribution < -0.4 is 10.6 Å². The van der Waals surface area contributed by atoms with Crippen LogP contribution in [0.15, 0.2) is 18.2 Å². The molecule has 0 radical (unpaired) electrons. The second-order valence-corrected chi connectivity index (χ2v) is 5.11. The maximum atomic E-state index is 13.0. The van der Waals surface area contributed by atoms with E-state index in [1.54, 1.807) is 4.68 Å². The van der Waals surface area contributed by atoms with E-state index in [4.69, 9.17) is 11.6 Å². The molecule has 1 aromatic carbocycles. The van der Waals surface area contributed by atoms with Gasteiger partial charge in [0.1, 0.15) is 5.82 Å². The lowest BCUT2D eigenvalue weighted by molar-refractivity contribution is -0.114. The molecule has 0 saturated carbocycles. The number of benzene rings is 1. The average molecular weight is 311 g/mol. The number of aromatic nitrogens is 2. The molecule has 1 aromatic heterocycles. The molecule has 0 spiro atoms. The Balaban J connectivity index is 1.97. The van der Waals surface area contributed by atoms with E-state index in [1.807, 2.05) is 20.9 Å². The largest absolute Gasteiger partial charge is 0.376 e. The lowest BCUT2D eigenvalue weighted by Crippen LogP contribution is -2.22. The highest BCUT2D eigenvalue weighted by molar-refractivity contribution is 6.31. The molecule has 2 N–H and O–H groups in total. The molecule has 112 valence electrons. The first-order chi connectivity index (χ1) is 9.88. The summed E-state index contributed by atoms with van der Waals surface area (Å²) in [4.78, 5) is 11.9. The molecule has 1 heterocycles. The lowest BCUT2D eigenvalue weighted by atomic mass is 10.3. The fourth-order valence-electron chi connectivity index (χ4n) is 1.93. The third kappa shape index (κ3) is 3.52. The highest BCUT2D eigenvalue weighted by atomic mass is 35.5. The van der Waals surface area contributed by atoms with Gasteiger partial charge in [-0.25, -0.2) is 4.39 Å². The van der Waals surface area contributed by atoms with Gasteiger partial charge in [0.15, 0.2) is 0 Å². The Labute approximate surface area is 127 Å². The minimum Gasteiger partial charge on any atom is -0.376 e. The van der Waals surface area contributed by atoms with Gasteiger partial charge in [0.05, 0.1) is 28.6 Å². The third-order valence-corrected chi connectivity index (χ3v) is 3.44. The zero-order chi connectivity index (χ0) is 15.6. The summed E-state index contributed by atoms with van der Waals surface area (Å²) in [6.45, 7) is 3.76. The molecule has 0 aliphatic heterocycles. The summed E-state index contributed by atoms with van der Waals surface area (Å²) in [5, 5.41) is 9.93. The summed E-state index contributed by atoms with van der Waals surface area (Å²) >= 11 is 5.68. The number of carbonyl (C=O) groups is 1. The summed E-state index contributed by atoms with van der Waals surface area (Å²) in [5.74, 6) is -0.706. The van der Waals surface area contributed by atoms with Crippen molar-refractivity contribution in [2.45, 2.75) is 13.8 Å². The maximum Gasteiger partial charge on any atom is 0.243 e. The van der Waals surface area contributed by atoms with Crippen LogP contribution in [0, 0.1) is 19.7 Å². The van der Waals surface area contributed by atoms with E-state index < -0.39 is 5.82 Å². The van der Waals surface area contributed by atoms with Crippen LogP contribution in [0.2, 0.25) is 5.02 Å². The van der Waals surface area contributed by atoms with Crippen LogP contribution in [-0.4, -0.2) is 22.2 Å². The molecule has 1 amide bonds. The van der Waals surface area contributed by atoms with Gasteiger partial charge in [-0.2, -0.15) is 5.10 Å². The number of aryl methyl sites for hydroxylation is 2. The molecule has 0 fully saturated rings. The van der Waals surface area contributed by atoms with Gasteiger partial charge in [-0.05, 0) is 32.0 Å². The Morgan fingerprint density at radius 1 is 1.43 bits per heavy atom. The zero-order valence-corrected chi connectivity index (χ0v) is 12.8. The first-order valence-electron chi connectivity index (χ1n) is 6.37. The van der Waals surface area contributed by atoms with Gasteiger partial charge in [-0.15, -0.1) is 0 Å². The molecule has 21 heavy (non-hydrogen) atoms. The van der Waals surface area contributed by atoms with E-state index in [-0.39, 0.29) is 17.5 Å². The van der Waals surface area contributed by atoms with Crippen molar-refractivity contribution in [1.82, 2.24) is 9.78 Å². The second kappa shape index (κ2) is 6.13. The molecule has 0 saturated heterocycles. The Hall–Kier alpha value is -2.08. The number of hydrogen-bond donors (Lipinski definition) is 2. The molecular formula is C14H16ClFN4O. The maximum absolute atomic E-state index is 13.0. The fraction of sp³-hybridized carbons (Fsp3) is 0.286. The van der Waals surface area contributed by atoms with Gasteiger partial charge in [0.25, 0.3) is 0 Å². The number of rotatable bonds is 4. The average Bonchev–Trinajstić information content (AvgIpc) is 2.67. The minimum atomic E-state index is -0.492. The SMILES string of the molecule is Cc1nn(C)c(C)c1NC(=O)CNc1ccc(F)c(Cl)c1. The Kier molecular flexibility index (Phi) is 4.47. The molecule has 0 atom stereocenters. The third-order valence-electron chi connectivity index (χ3n) is 3.15. The Morgan fingerprint density at radius 3 is 2.71 bits per heavy atom. The predicted molar refractivity (Wildman–Crippen MR) is 81.2 cm³/mol. The highest BCUT2D eigenvalue weighted by Crippen LogP contribution is 2.20. The molecule has 5 nitrogen and oxygen atoms in total. The van der Waals surface area contributed by atoms with Gasteiger partial charge in [0, 0.05) is 12.7 Å². The molecule has 7 heteroatoms. The highest BCUT2D eigenvalue weighted by Gasteiger charge is 2.12. The standard InChI is InChI=1S/C14H16ClFN4O/c1-8-14(9(2)20(3)19-8)18-13(21)7-17-10-4-5-12(16)11(15)6-10/h4-6,17H,7H2,1-3H3,(H,18,21). The van der Waals surface area contributed by atoms with E-state index in [0.29, 0.717) is 11.4 Å². The van der Waals surface area contributed by atoms with Gasteiger partial charge < -0.3 is 10.6 Å². The van der Waals surface area contributed by atoms with Crippen molar-refractivity contribution in [1.29, 1.82) is 0 Å². The smallest absolute Gasteiger partial charge is 0.243 e. The van der Waals surface area contributed by atoms with Gasteiger partial charge >= 0.3 is 0 Å². The van der Waals surface area contributed by atoms with Gasteiger partial charge in [0.2, 0.25) is 5.91 Å². The minimum absolute atomic E-state index is 0.0133. The van der Waals surface area contributed by atoms with Gasteiger partial charge in [-0.3, -0.25) is 9.48 Å². The summed E-state index contributed by atoms with van der Waals surface area (Å²) < 4.78 is 14.7. The molecule has 2 rings (SSSR count). The van der Waals surface area contributed by atoms with Gasteiger partial charge in [-0.1, -0.05) is 11.6 Å². The van der Waals surface area contributed by atoms with Crippen molar-refractivity contribution < 1.29 is 9.18 Å². The van der Waals surface area contributed by atoms with E-state index in [2.05, 4.69) is 15.7 Å². The Morgan fingerprint density at radius 2 is 2.14 bits per heavy atom. The quantitative estimate of drug-likeness (QED) is 0.913. The number of anilines is 2. The van der Waals surface area contributed by atoms with Crippen molar-refractivity contribution in [2.75, 3.05) is 17.2 Å². The van der Waals surface area contributed by atoms with Crippen LogP contribution >= 0.6 is 11.6 Å². The normalized spacial score (nSPS) is 10.5. The molecule has 0 bridgehead atoms. The number of amides is 1. The van der Waals surface area contributed by atoms with E-state index in [1.165, 1.54) is 18.2 Å². The molecule has 0 aliphatic carbocycles. The second-order valence-electron chi connectivity index (χ2n) is 4.70. The summed E-state index contributed by atoms with van der Waals surface area (Å²) in [6.07, 6.45) is 0. The van der Waals surface area contributed by atoms with Crippen LogP contribution in [0.25, 0.3) is 0 Å². The van der Waals surface area contributed by atoms with Crippen LogP contribution in [0.5, 0.6) is 0 Å². The monoisotopic (exact) mass is 310 g/mol. The van der Waals surface area contributed by atoms with Crippen LogP contribution in [-0.2, 0) is 11.8 Å². The van der Waals surface area contributed by atoms with Crippen molar-refractivity contribution in [3.05, 3.63) is 40.4 Å². The van der Waals surface area contributed by atoms with Crippen molar-refractivity contribution in [3.63, 3.8) is 0 Å². The fourth-order valence-corrected chi connectivity index (χ4v) is 2.11. The first-order valence-corrected chi connectivity index (χ1v) is 6.75. The number of halogens is 2. The lowest BCUT2D eigenvalue weighted by Gasteiger charge is -2.08. The predicted octanol–water partition coefficient (Wildman–Crippen LogP) is 2.88. The number of nitrogens with one attached hydrogen (secondary N) is 2. The zero-order valence-electron chi connectivity index (χ0n) is 12.0. The number of nitrogens with zero attached hydrogens (tertiary/aromatic N) is 2. The molecular weight excluding hydrogens is 295 g/mol. The van der Waals surface area contributed by atoms with Crippen LogP contribution in [0.3, 0.4) is 0 Å². The van der Waals surface area contributed by atoms with Crippen molar-refractivity contribution in [3.8, 4) is 0 Å². The molecule has 2 aromatic rings. The topological polar surface area (TPSA) is 59.0 Å². The van der Waals surface area contributed by atoms with Crippen LogP contribution in [0.4, 0.5) is 15.8 Å². The summed E-state index contributed by atoms with van der Waals surface area (Å²) in [6, 6.07) is 4.21. The van der Waals surface area contributed by atoms with Crippen molar-refractivity contribution >= 4 is 28.9 Å². The van der Waals surface area contributed by atoms with E-state index >= 15 is 0 Å². The summed E-state index contributed by atoms with van der Waals surface area (Å²) in [7, 11) is 1.82. The van der Waals surface area contributed by atoms with Crippen LogP contribution in [0.1, 0.15) is 11.4 Å².